The molecule has 5 nitrogen and oxygen atoms in total. The first kappa shape index (κ1) is 21.6. The van der Waals surface area contributed by atoms with Crippen molar-refractivity contribution in [2.75, 3.05) is 5.32 Å². The number of ether oxygens (including phenoxy) is 1. The van der Waals surface area contributed by atoms with Crippen molar-refractivity contribution in [3.8, 4) is 5.75 Å². The molecule has 30 heavy (non-hydrogen) atoms. The lowest BCUT2D eigenvalue weighted by Crippen LogP contribution is -2.36. The van der Waals surface area contributed by atoms with Crippen molar-refractivity contribution >= 4 is 33.7 Å². The maximum Gasteiger partial charge on any atom is 0.262 e. The summed E-state index contributed by atoms with van der Waals surface area (Å²) >= 11 is 3.41. The highest BCUT2D eigenvalue weighted by atomic mass is 79.9. The molecule has 0 aliphatic rings. The molecule has 3 rings (SSSR count). The lowest BCUT2D eigenvalue weighted by Gasteiger charge is -2.16. The van der Waals surface area contributed by atoms with E-state index >= 15 is 0 Å². The molecule has 1 atom stereocenters. The van der Waals surface area contributed by atoms with Gasteiger partial charge < -0.3 is 10.1 Å². The van der Waals surface area contributed by atoms with Crippen molar-refractivity contribution in [3.05, 3.63) is 94.5 Å². The molecule has 2 N–H and O–H groups in total. The Morgan fingerprint density at radius 2 is 1.73 bits per heavy atom. The van der Waals surface area contributed by atoms with Gasteiger partial charge in [0.1, 0.15) is 18.4 Å². The normalized spacial score (nSPS) is 11.8. The van der Waals surface area contributed by atoms with Crippen molar-refractivity contribution in [3.63, 3.8) is 0 Å². The van der Waals surface area contributed by atoms with Gasteiger partial charge in [-0.15, -0.1) is 0 Å². The van der Waals surface area contributed by atoms with E-state index in [1.165, 1.54) is 0 Å². The fourth-order valence-corrected chi connectivity index (χ4v) is 3.06. The Labute approximate surface area is 185 Å². The summed E-state index contributed by atoms with van der Waals surface area (Å²) in [6.45, 7) is 2.42. The summed E-state index contributed by atoms with van der Waals surface area (Å²) in [6.07, 6.45) is 2.23. The Balaban J connectivity index is 1.58. The molecule has 6 heteroatoms. The van der Waals surface area contributed by atoms with Crippen molar-refractivity contribution in [1.29, 1.82) is 0 Å². The number of hydrogen-bond acceptors (Lipinski definition) is 4. The maximum absolute atomic E-state index is 12.5. The van der Waals surface area contributed by atoms with Crippen LogP contribution in [0.4, 0.5) is 5.69 Å². The fraction of sp³-hybridized carbons (Fsp3) is 0.167. The van der Waals surface area contributed by atoms with Crippen LogP contribution in [0.2, 0.25) is 0 Å². The van der Waals surface area contributed by atoms with Gasteiger partial charge in [0.15, 0.2) is 0 Å². The highest BCUT2D eigenvalue weighted by molar-refractivity contribution is 9.10. The number of nitrogens with one attached hydrogen (secondary N) is 2. The summed E-state index contributed by atoms with van der Waals surface area (Å²) in [5.41, 5.74) is 5.38. The molecule has 0 fully saturated rings. The van der Waals surface area contributed by atoms with Gasteiger partial charge >= 0.3 is 0 Å². The minimum absolute atomic E-state index is 0.195. The van der Waals surface area contributed by atoms with Gasteiger partial charge in [-0.3, -0.25) is 4.79 Å². The largest absolute Gasteiger partial charge is 0.488 e. The second-order valence-corrected chi connectivity index (χ2v) is 7.57. The van der Waals surface area contributed by atoms with Crippen LogP contribution in [0, 0.1) is 0 Å². The van der Waals surface area contributed by atoms with Crippen molar-refractivity contribution in [1.82, 2.24) is 5.43 Å². The standard InChI is InChI=1S/C24H24BrN3O2/c1-2-22(27-21-14-12-20(25)13-15-21)24(29)28-26-16-19-10-6-7-11-23(19)30-17-18-8-4-3-5-9-18/h3-16,22,27H,2,17H2,1H3,(H,28,29)/b26-16+. The first-order chi connectivity index (χ1) is 14.7. The third-order valence-electron chi connectivity index (χ3n) is 4.44. The molecule has 3 aromatic carbocycles. The molecular formula is C24H24BrN3O2. The second kappa shape index (κ2) is 11.2. The van der Waals surface area contributed by atoms with Crippen LogP contribution in [0.5, 0.6) is 5.75 Å². The minimum Gasteiger partial charge on any atom is -0.488 e. The second-order valence-electron chi connectivity index (χ2n) is 6.66. The summed E-state index contributed by atoms with van der Waals surface area (Å²) in [5.74, 6) is 0.513. The summed E-state index contributed by atoms with van der Waals surface area (Å²) in [7, 11) is 0. The smallest absolute Gasteiger partial charge is 0.262 e. The average Bonchev–Trinajstić information content (AvgIpc) is 2.78. The van der Waals surface area contributed by atoms with Gasteiger partial charge in [0.05, 0.1) is 6.21 Å². The van der Waals surface area contributed by atoms with E-state index in [0.717, 1.165) is 21.3 Å². The topological polar surface area (TPSA) is 62.7 Å². The lowest BCUT2D eigenvalue weighted by atomic mass is 10.2. The Morgan fingerprint density at radius 3 is 2.47 bits per heavy atom. The van der Waals surface area contributed by atoms with Crippen molar-refractivity contribution in [2.24, 2.45) is 5.10 Å². The zero-order valence-corrected chi connectivity index (χ0v) is 18.3. The number of carbonyl (C=O) groups excluding carboxylic acids is 1. The van der Waals surface area contributed by atoms with Crippen LogP contribution in [0.15, 0.2) is 88.4 Å². The number of nitrogens with zero attached hydrogens (tertiary/aromatic N) is 1. The SMILES string of the molecule is CCC(Nc1ccc(Br)cc1)C(=O)N/N=C/c1ccccc1OCc1ccccc1. The van der Waals surface area contributed by atoms with Crippen molar-refractivity contribution < 1.29 is 9.53 Å². The molecule has 154 valence electrons. The van der Waals surface area contributed by atoms with Gasteiger partial charge in [0.25, 0.3) is 5.91 Å². The van der Waals surface area contributed by atoms with Gasteiger partial charge in [-0.1, -0.05) is 65.3 Å². The molecule has 0 spiro atoms. The Morgan fingerprint density at radius 1 is 1.03 bits per heavy atom. The highest BCUT2D eigenvalue weighted by Gasteiger charge is 2.15. The van der Waals surface area contributed by atoms with Crippen LogP contribution < -0.4 is 15.5 Å². The van der Waals surface area contributed by atoms with Gasteiger partial charge in [0, 0.05) is 15.7 Å². The quantitative estimate of drug-likeness (QED) is 0.329. The molecule has 0 aliphatic carbocycles. The molecule has 1 unspecified atom stereocenters. The molecule has 0 aliphatic heterocycles. The molecule has 0 aromatic heterocycles. The zero-order chi connectivity index (χ0) is 21.2. The molecule has 0 heterocycles. The van der Waals surface area contributed by atoms with E-state index in [4.69, 9.17) is 4.74 Å². The van der Waals surface area contributed by atoms with Gasteiger partial charge in [-0.05, 0) is 48.4 Å². The monoisotopic (exact) mass is 465 g/mol. The molecule has 0 saturated carbocycles. The van der Waals surface area contributed by atoms with Crippen molar-refractivity contribution in [2.45, 2.75) is 26.0 Å². The number of benzene rings is 3. The predicted molar refractivity (Wildman–Crippen MR) is 125 cm³/mol. The van der Waals surface area contributed by atoms with Crippen LogP contribution in [-0.4, -0.2) is 18.2 Å². The van der Waals surface area contributed by atoms with E-state index < -0.39 is 0 Å². The number of anilines is 1. The van der Waals surface area contributed by atoms with Gasteiger partial charge in [0.2, 0.25) is 0 Å². The molecule has 3 aromatic rings. The van der Waals surface area contributed by atoms with Crippen LogP contribution in [0.25, 0.3) is 0 Å². The Kier molecular flexibility index (Phi) is 8.03. The third-order valence-corrected chi connectivity index (χ3v) is 4.97. The number of rotatable bonds is 9. The van der Waals surface area contributed by atoms with E-state index in [2.05, 4.69) is 31.8 Å². The molecule has 0 bridgehead atoms. The van der Waals surface area contributed by atoms with E-state index in [0.29, 0.717) is 18.8 Å². The minimum atomic E-state index is -0.382. The lowest BCUT2D eigenvalue weighted by molar-refractivity contribution is -0.121. The van der Waals surface area contributed by atoms with E-state index in [1.807, 2.05) is 85.8 Å². The molecule has 0 radical (unpaired) electrons. The summed E-state index contributed by atoms with van der Waals surface area (Å²) in [5, 5.41) is 7.35. The highest BCUT2D eigenvalue weighted by Crippen LogP contribution is 2.18. The van der Waals surface area contributed by atoms with Crippen LogP contribution in [0.1, 0.15) is 24.5 Å². The Bertz CT molecular complexity index is 975. The fourth-order valence-electron chi connectivity index (χ4n) is 2.80. The van der Waals surface area contributed by atoms with Crippen LogP contribution in [0.3, 0.4) is 0 Å². The number of hydrogen-bond donors (Lipinski definition) is 2. The first-order valence-electron chi connectivity index (χ1n) is 9.76. The van der Waals surface area contributed by atoms with Crippen LogP contribution >= 0.6 is 15.9 Å². The Hall–Kier alpha value is -3.12. The number of hydrazone groups is 1. The maximum atomic E-state index is 12.5. The molecular weight excluding hydrogens is 442 g/mol. The number of halogens is 1. The molecule has 0 saturated heterocycles. The van der Waals surface area contributed by atoms with E-state index in [-0.39, 0.29) is 11.9 Å². The van der Waals surface area contributed by atoms with E-state index in [1.54, 1.807) is 6.21 Å². The van der Waals surface area contributed by atoms with Crippen LogP contribution in [-0.2, 0) is 11.4 Å². The first-order valence-corrected chi connectivity index (χ1v) is 10.6. The van der Waals surface area contributed by atoms with Gasteiger partial charge in [-0.2, -0.15) is 5.10 Å². The predicted octanol–water partition coefficient (Wildman–Crippen LogP) is 5.37. The zero-order valence-electron chi connectivity index (χ0n) is 16.7. The molecule has 1 amide bonds. The summed E-state index contributed by atoms with van der Waals surface area (Å²) in [4.78, 5) is 12.5. The number of carbonyl (C=O) groups is 1. The van der Waals surface area contributed by atoms with Gasteiger partial charge in [-0.25, -0.2) is 5.43 Å². The number of para-hydroxylation sites is 1. The van der Waals surface area contributed by atoms with E-state index in [9.17, 15) is 4.79 Å². The third kappa shape index (κ3) is 6.46. The summed E-state index contributed by atoms with van der Waals surface area (Å²) in [6, 6.07) is 24.9. The summed E-state index contributed by atoms with van der Waals surface area (Å²) < 4.78 is 6.91. The number of amides is 1. The average molecular weight is 466 g/mol.